The zero-order valence-electron chi connectivity index (χ0n) is 56.1. The van der Waals surface area contributed by atoms with E-state index in [-0.39, 0.29) is 23.0 Å². The van der Waals surface area contributed by atoms with Crippen LogP contribution in [0.5, 0.6) is 0 Å². The molecule has 12 aromatic rings. The molecule has 9 heterocycles. The van der Waals surface area contributed by atoms with Gasteiger partial charge in [-0.1, -0.05) is 41.5 Å². The van der Waals surface area contributed by atoms with Crippen LogP contribution in [0.4, 0.5) is 5.69 Å². The van der Waals surface area contributed by atoms with E-state index >= 15 is 0 Å². The summed E-state index contributed by atoms with van der Waals surface area (Å²) in [5, 5.41) is 38.5. The second kappa shape index (κ2) is 28.9. The van der Waals surface area contributed by atoms with E-state index in [1.54, 1.807) is 38.8 Å². The number of benzene rings is 3. The van der Waals surface area contributed by atoms with E-state index in [1.807, 2.05) is 107 Å². The molecule has 21 heteroatoms. The third-order valence-corrected chi connectivity index (χ3v) is 18.5. The van der Waals surface area contributed by atoms with Gasteiger partial charge >= 0.3 is 5.97 Å². The number of carbonyl (C=O) groups is 3. The smallest absolute Gasteiger partial charge is 0.338 e. The number of carboxylic acid groups (broad SMARTS) is 1. The third-order valence-electron chi connectivity index (χ3n) is 18.5. The van der Waals surface area contributed by atoms with Crippen molar-refractivity contribution in [1.29, 1.82) is 10.7 Å². The van der Waals surface area contributed by atoms with Crippen LogP contribution < -0.4 is 11.5 Å². The molecule has 0 aliphatic heterocycles. The van der Waals surface area contributed by atoms with E-state index in [0.717, 1.165) is 89.7 Å². The topological polar surface area (TPSA) is 281 Å². The van der Waals surface area contributed by atoms with Gasteiger partial charge in [0.25, 0.3) is 0 Å². The van der Waals surface area contributed by atoms with Gasteiger partial charge in [0.05, 0.1) is 90.2 Å². The number of nitrogens with one attached hydrogen (secondary N) is 1. The van der Waals surface area contributed by atoms with Crippen LogP contribution in [0, 0.1) is 64.9 Å². The van der Waals surface area contributed by atoms with E-state index in [4.69, 9.17) is 38.8 Å². The summed E-state index contributed by atoms with van der Waals surface area (Å²) in [6, 6.07) is 26.2. The summed E-state index contributed by atoms with van der Waals surface area (Å²) >= 11 is 0. The van der Waals surface area contributed by atoms with Gasteiger partial charge in [-0.05, 0) is 209 Å². The minimum absolute atomic E-state index is 0.0604. The standard InChI is InChI=1S/C26H28N6O.C26H25N5O.C15H14N4O2.C10H12N2/c1-16-9-20(26(27)28)10-17(2)23(16)6-7-24(33)21-11-29-32(13-21)15-22-14-31-12-19(18-3-4-18)5-8-25(31)30-22;1-17-9-19(11-27)10-18(2)24(17)6-7-25(32)22-12-28-31(14-22)16-23-15-30-13-21(20-3-4-20)5-8-26(30)29-23;20-15(21)12-5-16-19(7-12)9-13-8-18-6-11(10-1-2-10)3-4-14(18)17-13;1-7-4-9(12-3)5-8(2)10(7)6-11/h5,8-14,18H,3-4,6-7,15H2,1-2H3,(H3,27,28);5,8-10,12-15,20H,3-4,6-7,16H2,1-2H3;3-8,10H,1-2,9H2,(H,20,21);4-5H,6,11H2,1-2H3. The van der Waals surface area contributed by atoms with Gasteiger partial charge in [0.2, 0.25) is 0 Å². The number of fused-ring (bicyclic) bond motifs is 3. The first-order valence-corrected chi connectivity index (χ1v) is 33.2. The summed E-state index contributed by atoms with van der Waals surface area (Å²) in [7, 11) is 0. The van der Waals surface area contributed by atoms with E-state index in [9.17, 15) is 14.4 Å². The van der Waals surface area contributed by atoms with Crippen molar-refractivity contribution in [3.05, 3.63) is 270 Å². The van der Waals surface area contributed by atoms with E-state index in [2.05, 4.69) is 93.9 Å². The van der Waals surface area contributed by atoms with Crippen molar-refractivity contribution < 1.29 is 19.5 Å². The number of nitriles is 1. The molecule has 3 fully saturated rings. The summed E-state index contributed by atoms with van der Waals surface area (Å²) in [6.45, 7) is 20.9. The Balaban J connectivity index is 0.000000131. The van der Waals surface area contributed by atoms with Gasteiger partial charge in [0.1, 0.15) is 22.8 Å². The normalized spacial score (nSPS) is 13.2. The largest absolute Gasteiger partial charge is 0.478 e. The number of nitrogens with two attached hydrogens (primary N) is 2. The third kappa shape index (κ3) is 16.1. The molecule has 0 radical (unpaired) electrons. The highest BCUT2D eigenvalue weighted by atomic mass is 16.4. The predicted octanol–water partition coefficient (Wildman–Crippen LogP) is 13.4. The fourth-order valence-corrected chi connectivity index (χ4v) is 12.8. The number of nitrogen functional groups attached to an aromatic ring is 1. The Hall–Kier alpha value is -11.4. The van der Waals surface area contributed by atoms with E-state index in [0.29, 0.717) is 92.0 Å². The number of aryl methyl sites for hydroxylation is 6. The second-order valence-corrected chi connectivity index (χ2v) is 26.2. The monoisotopic (exact) mass is 1310 g/mol. The van der Waals surface area contributed by atoms with Crippen molar-refractivity contribution in [2.75, 3.05) is 0 Å². The number of hydrogen-bond donors (Lipinski definition) is 4. The molecule has 21 nitrogen and oxygen atoms in total. The Morgan fingerprint density at radius 1 is 0.531 bits per heavy atom. The number of nitrogens with zero attached hydrogens (tertiary/aromatic N) is 14. The minimum atomic E-state index is -0.967. The summed E-state index contributed by atoms with van der Waals surface area (Å²) in [5.74, 6) is 1.37. The van der Waals surface area contributed by atoms with E-state index < -0.39 is 5.97 Å². The quantitative estimate of drug-likeness (QED) is 0.0239. The van der Waals surface area contributed by atoms with Crippen LogP contribution >= 0.6 is 0 Å². The van der Waals surface area contributed by atoms with Crippen LogP contribution in [0.15, 0.2) is 147 Å². The Labute approximate surface area is 568 Å². The molecule has 0 unspecified atom stereocenters. The van der Waals surface area contributed by atoms with Gasteiger partial charge in [-0.25, -0.2) is 24.6 Å². The van der Waals surface area contributed by atoms with Crippen molar-refractivity contribution in [3.63, 3.8) is 0 Å². The van der Waals surface area contributed by atoms with Crippen molar-refractivity contribution in [2.45, 2.75) is 150 Å². The van der Waals surface area contributed by atoms with Crippen molar-refractivity contribution in [3.8, 4) is 6.07 Å². The van der Waals surface area contributed by atoms with Gasteiger partial charge in [0.15, 0.2) is 17.3 Å². The molecule has 0 spiro atoms. The number of amidine groups is 1. The van der Waals surface area contributed by atoms with E-state index in [1.165, 1.54) is 67.6 Å². The summed E-state index contributed by atoms with van der Waals surface area (Å²) < 4.78 is 11.3. The average Bonchev–Trinajstić information content (AvgIpc) is 1.63. The van der Waals surface area contributed by atoms with Gasteiger partial charge in [-0.15, -0.1) is 0 Å². The van der Waals surface area contributed by atoms with Crippen molar-refractivity contribution in [2.24, 2.45) is 11.5 Å². The van der Waals surface area contributed by atoms with Gasteiger partial charge in [0, 0.05) is 80.7 Å². The van der Waals surface area contributed by atoms with Crippen LogP contribution in [0.3, 0.4) is 0 Å². The molecule has 0 atom stereocenters. The predicted molar refractivity (Wildman–Crippen MR) is 375 cm³/mol. The van der Waals surface area contributed by atoms with Crippen LogP contribution in [0.25, 0.3) is 21.8 Å². The van der Waals surface area contributed by atoms with Crippen LogP contribution in [-0.2, 0) is 39.0 Å². The lowest BCUT2D eigenvalue weighted by Crippen LogP contribution is -2.12. The fraction of sp³-hybridized carbons (Fsp3) is 0.299. The highest BCUT2D eigenvalue weighted by Gasteiger charge is 2.26. The molecule has 0 amide bonds. The molecule has 98 heavy (non-hydrogen) atoms. The molecule has 3 aromatic carbocycles. The second-order valence-electron chi connectivity index (χ2n) is 26.2. The maximum Gasteiger partial charge on any atom is 0.338 e. The molecule has 0 saturated heterocycles. The number of hydrogen-bond acceptors (Lipinski definition) is 12. The summed E-state index contributed by atoms with van der Waals surface area (Å²) in [6.07, 6.45) is 32.1. The molecule has 3 aliphatic carbocycles. The average molecular weight is 1310 g/mol. The van der Waals surface area contributed by atoms with Crippen molar-refractivity contribution in [1.82, 2.24) is 57.5 Å². The first-order chi connectivity index (χ1) is 47.2. The number of aromatic nitrogens is 12. The summed E-state index contributed by atoms with van der Waals surface area (Å²) in [5.41, 5.74) is 34.1. The van der Waals surface area contributed by atoms with Crippen LogP contribution in [0.2, 0.25) is 0 Å². The molecule has 0 bridgehead atoms. The molecule has 3 saturated carbocycles. The number of carboxylic acids is 1. The Kier molecular flexibility index (Phi) is 19.6. The van der Waals surface area contributed by atoms with Gasteiger partial charge in [-0.2, -0.15) is 20.6 Å². The lowest BCUT2D eigenvalue weighted by atomic mass is 9.94. The SMILES string of the molecule is Cc1cc(C#N)cc(C)c1CCC(=O)c1cnn(Cc2cn3cc(C4CC4)ccc3n2)c1.Cc1cc(C(=N)N)cc(C)c1CCC(=O)c1cnn(Cc2cn3cc(C4CC4)ccc3n2)c1.O=C(O)c1cnn(Cc2cn3cc(C4CC4)ccc3n2)c1.[C-]#[N+]c1cc(C)c(CN)c(C)c1. The lowest BCUT2D eigenvalue weighted by molar-refractivity contribution is 0.0696. The Morgan fingerprint density at radius 2 is 0.888 bits per heavy atom. The molecular formula is C77H79N17O4. The highest BCUT2D eigenvalue weighted by molar-refractivity contribution is 5.97. The Bertz CT molecular complexity index is 5030. The number of imidazole rings is 3. The molecular weight excluding hydrogens is 1230 g/mol. The van der Waals surface area contributed by atoms with Crippen LogP contribution in [-0.4, -0.2) is 86.0 Å². The minimum Gasteiger partial charge on any atom is -0.478 e. The Morgan fingerprint density at radius 3 is 1.21 bits per heavy atom. The first-order valence-electron chi connectivity index (χ1n) is 33.2. The number of carbonyl (C=O) groups excluding carboxylic acids is 2. The fourth-order valence-electron chi connectivity index (χ4n) is 12.8. The maximum atomic E-state index is 12.8. The number of ketones is 2. The first kappa shape index (κ1) is 66.6. The van der Waals surface area contributed by atoms with Crippen molar-refractivity contribution >= 4 is 46.0 Å². The maximum absolute atomic E-state index is 12.8. The summed E-state index contributed by atoms with van der Waals surface area (Å²) in [4.78, 5) is 53.7. The molecule has 15 rings (SSSR count). The number of pyridine rings is 3. The molecule has 9 aromatic heterocycles. The number of rotatable bonds is 20. The zero-order chi connectivity index (χ0) is 68.9. The molecule has 6 N–H and O–H groups in total. The number of aromatic carboxylic acids is 1. The molecule has 496 valence electrons. The zero-order valence-corrected chi connectivity index (χ0v) is 56.1. The van der Waals surface area contributed by atoms with Gasteiger partial charge in [-0.3, -0.25) is 29.0 Å². The van der Waals surface area contributed by atoms with Crippen LogP contribution in [0.1, 0.15) is 195 Å². The number of Topliss-reactive ketones (excluding diaryl/α,β-unsaturated/α-hetero) is 2. The highest BCUT2D eigenvalue weighted by Crippen LogP contribution is 2.42. The molecule has 3 aliphatic rings. The van der Waals surface area contributed by atoms with Gasteiger partial charge < -0.3 is 29.8 Å². The lowest BCUT2D eigenvalue weighted by Gasteiger charge is -2.11.